The number of aromatic nitrogens is 1. The van der Waals surface area contributed by atoms with E-state index in [1.165, 1.54) is 4.90 Å². The predicted molar refractivity (Wildman–Crippen MR) is 78.4 cm³/mol. The molecule has 0 aliphatic rings. The Balaban J connectivity index is 2.40. The second kappa shape index (κ2) is 5.49. The molecule has 1 heterocycles. The Morgan fingerprint density at radius 1 is 1.45 bits per heavy atom. The van der Waals surface area contributed by atoms with Gasteiger partial charge in [-0.05, 0) is 25.1 Å². The van der Waals surface area contributed by atoms with Crippen molar-refractivity contribution in [1.82, 2.24) is 4.57 Å². The minimum absolute atomic E-state index is 0.189. The van der Waals surface area contributed by atoms with Gasteiger partial charge in [-0.2, -0.15) is 5.26 Å². The SMILES string of the molecule is CCn1cc(N)cc1C(=O)N(C)c1ccccc1C#N. The molecule has 0 aliphatic carbocycles. The van der Waals surface area contributed by atoms with Gasteiger partial charge in [0.2, 0.25) is 0 Å². The van der Waals surface area contributed by atoms with E-state index in [1.54, 1.807) is 48.1 Å². The summed E-state index contributed by atoms with van der Waals surface area (Å²) in [5.74, 6) is -0.189. The van der Waals surface area contributed by atoms with Crippen LogP contribution in [0.2, 0.25) is 0 Å². The van der Waals surface area contributed by atoms with E-state index in [1.807, 2.05) is 6.92 Å². The van der Waals surface area contributed by atoms with Gasteiger partial charge in [-0.3, -0.25) is 4.79 Å². The number of nitrogens with zero attached hydrogens (tertiary/aromatic N) is 3. The second-order valence-corrected chi connectivity index (χ2v) is 4.44. The van der Waals surface area contributed by atoms with Crippen molar-refractivity contribution in [3.05, 3.63) is 47.8 Å². The third-order valence-corrected chi connectivity index (χ3v) is 3.17. The molecule has 0 unspecified atom stereocenters. The van der Waals surface area contributed by atoms with Crippen molar-refractivity contribution in [1.29, 1.82) is 5.26 Å². The first kappa shape index (κ1) is 13.7. The lowest BCUT2D eigenvalue weighted by Crippen LogP contribution is -2.28. The van der Waals surface area contributed by atoms with Crippen LogP contribution in [0.15, 0.2) is 36.5 Å². The summed E-state index contributed by atoms with van der Waals surface area (Å²) in [5.41, 5.74) is 7.86. The number of anilines is 2. The summed E-state index contributed by atoms with van der Waals surface area (Å²) in [7, 11) is 1.65. The van der Waals surface area contributed by atoms with E-state index in [0.717, 1.165) is 0 Å². The third kappa shape index (κ3) is 2.36. The van der Waals surface area contributed by atoms with Crippen molar-refractivity contribution in [2.45, 2.75) is 13.5 Å². The molecule has 20 heavy (non-hydrogen) atoms. The molecule has 0 saturated heterocycles. The normalized spacial score (nSPS) is 10.1. The Morgan fingerprint density at radius 3 is 2.80 bits per heavy atom. The Bertz CT molecular complexity index is 681. The maximum atomic E-state index is 12.5. The molecule has 0 atom stereocenters. The number of benzene rings is 1. The third-order valence-electron chi connectivity index (χ3n) is 3.17. The molecule has 0 bridgehead atoms. The van der Waals surface area contributed by atoms with Crippen molar-refractivity contribution in [2.75, 3.05) is 17.7 Å². The minimum Gasteiger partial charge on any atom is -0.397 e. The van der Waals surface area contributed by atoms with Crippen LogP contribution in [0.25, 0.3) is 0 Å². The van der Waals surface area contributed by atoms with Crippen molar-refractivity contribution in [2.24, 2.45) is 0 Å². The zero-order valence-corrected chi connectivity index (χ0v) is 11.5. The number of nitrogens with two attached hydrogens (primary N) is 1. The van der Waals surface area contributed by atoms with Crippen molar-refractivity contribution < 1.29 is 4.79 Å². The highest BCUT2D eigenvalue weighted by molar-refractivity contribution is 6.06. The standard InChI is InChI=1S/C15H16N4O/c1-3-19-10-12(17)8-14(19)15(20)18(2)13-7-5-4-6-11(13)9-16/h4-8,10H,3,17H2,1-2H3. The van der Waals surface area contributed by atoms with Gasteiger partial charge in [-0.15, -0.1) is 0 Å². The fraction of sp³-hybridized carbons (Fsp3) is 0.200. The van der Waals surface area contributed by atoms with Crippen LogP contribution in [0.3, 0.4) is 0 Å². The fourth-order valence-corrected chi connectivity index (χ4v) is 2.12. The monoisotopic (exact) mass is 268 g/mol. The van der Waals surface area contributed by atoms with Gasteiger partial charge < -0.3 is 15.2 Å². The highest BCUT2D eigenvalue weighted by Gasteiger charge is 2.19. The van der Waals surface area contributed by atoms with Gasteiger partial charge in [-0.25, -0.2) is 0 Å². The summed E-state index contributed by atoms with van der Waals surface area (Å²) >= 11 is 0. The van der Waals surface area contributed by atoms with E-state index in [-0.39, 0.29) is 5.91 Å². The molecule has 5 heteroatoms. The summed E-state index contributed by atoms with van der Waals surface area (Å²) in [5, 5.41) is 9.11. The number of aryl methyl sites for hydroxylation is 1. The van der Waals surface area contributed by atoms with E-state index < -0.39 is 0 Å². The van der Waals surface area contributed by atoms with Gasteiger partial charge in [0.15, 0.2) is 0 Å². The molecule has 1 aromatic carbocycles. The molecule has 1 aromatic heterocycles. The number of hydrogen-bond donors (Lipinski definition) is 1. The zero-order chi connectivity index (χ0) is 14.7. The van der Waals surface area contributed by atoms with Crippen LogP contribution < -0.4 is 10.6 Å². The topological polar surface area (TPSA) is 75.0 Å². The van der Waals surface area contributed by atoms with Crippen LogP contribution in [0, 0.1) is 11.3 Å². The summed E-state index contributed by atoms with van der Waals surface area (Å²) in [4.78, 5) is 14.0. The van der Waals surface area contributed by atoms with Gasteiger partial charge in [0.25, 0.3) is 5.91 Å². The first-order valence-electron chi connectivity index (χ1n) is 6.31. The number of rotatable bonds is 3. The summed E-state index contributed by atoms with van der Waals surface area (Å²) in [6, 6.07) is 10.7. The average molecular weight is 268 g/mol. The minimum atomic E-state index is -0.189. The zero-order valence-electron chi connectivity index (χ0n) is 11.5. The molecule has 0 fully saturated rings. The number of para-hydroxylation sites is 1. The molecule has 1 amide bonds. The van der Waals surface area contributed by atoms with Crippen molar-refractivity contribution in [3.8, 4) is 6.07 Å². The highest BCUT2D eigenvalue weighted by atomic mass is 16.2. The number of amides is 1. The Hall–Kier alpha value is -2.74. The van der Waals surface area contributed by atoms with Gasteiger partial charge in [0.05, 0.1) is 16.9 Å². The second-order valence-electron chi connectivity index (χ2n) is 4.44. The maximum absolute atomic E-state index is 12.5. The average Bonchev–Trinajstić information content (AvgIpc) is 2.86. The number of carbonyl (C=O) groups is 1. The lowest BCUT2D eigenvalue weighted by atomic mass is 10.1. The molecular formula is C15H16N4O. The van der Waals surface area contributed by atoms with Gasteiger partial charge >= 0.3 is 0 Å². The van der Waals surface area contributed by atoms with Crippen LogP contribution in [0.4, 0.5) is 11.4 Å². The Kier molecular flexibility index (Phi) is 3.76. The number of nitriles is 1. The molecule has 2 N–H and O–H groups in total. The first-order valence-corrected chi connectivity index (χ1v) is 6.31. The van der Waals surface area contributed by atoms with Gasteiger partial charge in [0, 0.05) is 19.8 Å². The maximum Gasteiger partial charge on any atom is 0.274 e. The smallest absolute Gasteiger partial charge is 0.274 e. The molecule has 2 aromatic rings. The lowest BCUT2D eigenvalue weighted by molar-refractivity contribution is 0.0984. The van der Waals surface area contributed by atoms with Crippen molar-refractivity contribution in [3.63, 3.8) is 0 Å². The Morgan fingerprint density at radius 2 is 2.15 bits per heavy atom. The van der Waals surface area contributed by atoms with Crippen LogP contribution in [0.1, 0.15) is 23.0 Å². The molecular weight excluding hydrogens is 252 g/mol. The summed E-state index contributed by atoms with van der Waals surface area (Å²) < 4.78 is 1.79. The van der Waals surface area contributed by atoms with E-state index in [0.29, 0.717) is 29.2 Å². The van der Waals surface area contributed by atoms with Crippen LogP contribution in [-0.2, 0) is 6.54 Å². The van der Waals surface area contributed by atoms with E-state index in [2.05, 4.69) is 6.07 Å². The van der Waals surface area contributed by atoms with Gasteiger partial charge in [0.1, 0.15) is 11.8 Å². The lowest BCUT2D eigenvalue weighted by Gasteiger charge is -2.19. The number of nitrogen functional groups attached to an aromatic ring is 1. The van der Waals surface area contributed by atoms with E-state index in [9.17, 15) is 4.79 Å². The molecule has 2 rings (SSSR count). The molecule has 0 aliphatic heterocycles. The summed E-state index contributed by atoms with van der Waals surface area (Å²) in [6.07, 6.45) is 1.73. The first-order chi connectivity index (χ1) is 9.58. The number of hydrogen-bond acceptors (Lipinski definition) is 3. The van der Waals surface area contributed by atoms with E-state index in [4.69, 9.17) is 11.0 Å². The van der Waals surface area contributed by atoms with Crippen LogP contribution >= 0.6 is 0 Å². The molecule has 0 saturated carbocycles. The van der Waals surface area contributed by atoms with Crippen molar-refractivity contribution >= 4 is 17.3 Å². The highest BCUT2D eigenvalue weighted by Crippen LogP contribution is 2.21. The van der Waals surface area contributed by atoms with Gasteiger partial charge in [-0.1, -0.05) is 12.1 Å². The quantitative estimate of drug-likeness (QED) is 0.927. The molecule has 0 radical (unpaired) electrons. The molecule has 5 nitrogen and oxygen atoms in total. The fourth-order valence-electron chi connectivity index (χ4n) is 2.12. The predicted octanol–water partition coefficient (Wildman–Crippen LogP) is 2.24. The molecule has 0 spiro atoms. The summed E-state index contributed by atoms with van der Waals surface area (Å²) in [6.45, 7) is 2.60. The Labute approximate surface area is 117 Å². The van der Waals surface area contributed by atoms with Crippen LogP contribution in [0.5, 0.6) is 0 Å². The number of carbonyl (C=O) groups excluding carboxylic acids is 1. The molecule has 102 valence electrons. The largest absolute Gasteiger partial charge is 0.397 e. The van der Waals surface area contributed by atoms with Crippen LogP contribution in [-0.4, -0.2) is 17.5 Å². The van der Waals surface area contributed by atoms with E-state index >= 15 is 0 Å².